The lowest BCUT2D eigenvalue weighted by Gasteiger charge is -2.08. The molecule has 0 spiro atoms. The van der Waals surface area contributed by atoms with Crippen LogP contribution in [0.1, 0.15) is 26.7 Å². The first-order valence-corrected chi connectivity index (χ1v) is 6.33. The van der Waals surface area contributed by atoms with Crippen LogP contribution in [0.25, 0.3) is 0 Å². The van der Waals surface area contributed by atoms with E-state index in [9.17, 15) is 4.79 Å². The number of amides is 1. The van der Waals surface area contributed by atoms with E-state index in [1.165, 1.54) is 0 Å². The van der Waals surface area contributed by atoms with E-state index in [-0.39, 0.29) is 12.5 Å². The van der Waals surface area contributed by atoms with Gasteiger partial charge in [-0.3, -0.25) is 4.79 Å². The zero-order chi connectivity index (χ0) is 13.2. The molecule has 0 saturated carbocycles. The van der Waals surface area contributed by atoms with Crippen LogP contribution in [0.4, 0.5) is 11.8 Å². The van der Waals surface area contributed by atoms with Crippen LogP contribution >= 0.6 is 0 Å². The smallest absolute Gasteiger partial charge is 0.239 e. The Morgan fingerprint density at radius 2 is 2.00 bits per heavy atom. The summed E-state index contributed by atoms with van der Waals surface area (Å²) in [5.41, 5.74) is 0. The molecule has 0 atom stereocenters. The Kier molecular flexibility index (Phi) is 6.53. The molecule has 0 aliphatic carbocycles. The van der Waals surface area contributed by atoms with E-state index in [4.69, 9.17) is 0 Å². The minimum atomic E-state index is -0.0291. The third kappa shape index (κ3) is 5.47. The molecule has 3 N–H and O–H groups in total. The first-order chi connectivity index (χ1) is 8.76. The molecule has 0 unspecified atom stereocenters. The first kappa shape index (κ1) is 14.2. The average Bonchev–Trinajstić information content (AvgIpc) is 2.41. The monoisotopic (exact) mass is 251 g/mol. The van der Waals surface area contributed by atoms with Crippen molar-refractivity contribution in [1.29, 1.82) is 0 Å². The molecule has 0 bridgehead atoms. The van der Waals surface area contributed by atoms with Crippen LogP contribution in [-0.4, -0.2) is 35.5 Å². The minimum absolute atomic E-state index is 0.0291. The van der Waals surface area contributed by atoms with E-state index in [0.29, 0.717) is 18.3 Å². The number of hydrogen-bond donors (Lipinski definition) is 3. The maximum atomic E-state index is 11.4. The summed E-state index contributed by atoms with van der Waals surface area (Å²) < 4.78 is 0. The van der Waals surface area contributed by atoms with Gasteiger partial charge in [-0.15, -0.1) is 0 Å². The molecular weight excluding hydrogens is 230 g/mol. The molecule has 1 aromatic rings. The number of carbonyl (C=O) groups is 1. The molecule has 100 valence electrons. The van der Waals surface area contributed by atoms with E-state index < -0.39 is 0 Å². The molecule has 1 aromatic heterocycles. The number of aromatic nitrogens is 2. The van der Waals surface area contributed by atoms with Crippen LogP contribution in [0.5, 0.6) is 0 Å². The Hall–Kier alpha value is -1.85. The van der Waals surface area contributed by atoms with Crippen LogP contribution in [0, 0.1) is 0 Å². The molecule has 1 rings (SSSR count). The van der Waals surface area contributed by atoms with E-state index in [1.54, 1.807) is 12.3 Å². The Bertz CT molecular complexity index is 369. The van der Waals surface area contributed by atoms with Gasteiger partial charge in [0.2, 0.25) is 11.9 Å². The molecule has 0 aliphatic rings. The van der Waals surface area contributed by atoms with E-state index >= 15 is 0 Å². The van der Waals surface area contributed by atoms with Gasteiger partial charge in [0.1, 0.15) is 5.82 Å². The van der Waals surface area contributed by atoms with Crippen LogP contribution in [0.15, 0.2) is 12.3 Å². The highest BCUT2D eigenvalue weighted by Crippen LogP contribution is 2.04. The Morgan fingerprint density at radius 1 is 1.22 bits per heavy atom. The second kappa shape index (κ2) is 8.27. The van der Waals surface area contributed by atoms with Crippen molar-refractivity contribution in [1.82, 2.24) is 15.3 Å². The van der Waals surface area contributed by atoms with Crippen LogP contribution in [-0.2, 0) is 4.79 Å². The van der Waals surface area contributed by atoms with E-state index in [2.05, 4.69) is 32.8 Å². The van der Waals surface area contributed by atoms with Crippen molar-refractivity contribution in [3.05, 3.63) is 12.3 Å². The van der Waals surface area contributed by atoms with Crippen LogP contribution in [0.3, 0.4) is 0 Å². The number of anilines is 2. The molecule has 18 heavy (non-hydrogen) atoms. The van der Waals surface area contributed by atoms with Crippen molar-refractivity contribution >= 4 is 17.7 Å². The summed E-state index contributed by atoms with van der Waals surface area (Å²) in [4.78, 5) is 19.7. The van der Waals surface area contributed by atoms with Crippen LogP contribution in [0.2, 0.25) is 0 Å². The maximum Gasteiger partial charge on any atom is 0.239 e. The number of rotatable bonds is 8. The molecule has 1 amide bonds. The van der Waals surface area contributed by atoms with Gasteiger partial charge in [0.05, 0.1) is 6.54 Å². The molecular formula is C12H21N5O. The predicted octanol–water partition coefficient (Wildman–Crippen LogP) is 1.24. The lowest BCUT2D eigenvalue weighted by Crippen LogP contribution is -2.30. The summed E-state index contributed by atoms with van der Waals surface area (Å²) in [6.07, 6.45) is 3.61. The summed E-state index contributed by atoms with van der Waals surface area (Å²) in [5, 5.41) is 8.85. The minimum Gasteiger partial charge on any atom is -0.361 e. The normalized spacial score (nSPS) is 9.89. The number of hydrogen-bond acceptors (Lipinski definition) is 5. The lowest BCUT2D eigenvalue weighted by atomic mass is 10.4. The van der Waals surface area contributed by atoms with E-state index in [1.807, 2.05) is 6.92 Å². The van der Waals surface area contributed by atoms with Crippen molar-refractivity contribution in [2.75, 3.05) is 30.3 Å². The fourth-order valence-electron chi connectivity index (χ4n) is 1.28. The quantitative estimate of drug-likeness (QED) is 0.648. The second-order valence-corrected chi connectivity index (χ2v) is 3.90. The second-order valence-electron chi connectivity index (χ2n) is 3.90. The maximum absolute atomic E-state index is 11.4. The largest absolute Gasteiger partial charge is 0.361 e. The fourth-order valence-corrected chi connectivity index (χ4v) is 1.28. The number of carbonyl (C=O) groups excluding carboxylic acids is 1. The van der Waals surface area contributed by atoms with Gasteiger partial charge in [-0.25, -0.2) is 4.98 Å². The molecule has 6 heteroatoms. The van der Waals surface area contributed by atoms with Gasteiger partial charge in [-0.2, -0.15) is 4.98 Å². The zero-order valence-corrected chi connectivity index (χ0v) is 11.0. The SMILES string of the molecule is CCCNC(=O)CNc1ccnc(NCCC)n1. The van der Waals surface area contributed by atoms with Crippen molar-refractivity contribution in [2.24, 2.45) is 0 Å². The highest BCUT2D eigenvalue weighted by atomic mass is 16.1. The predicted molar refractivity (Wildman–Crippen MR) is 72.6 cm³/mol. The molecule has 1 heterocycles. The highest BCUT2D eigenvalue weighted by Gasteiger charge is 2.01. The third-order valence-corrected chi connectivity index (χ3v) is 2.19. The molecule has 0 radical (unpaired) electrons. The molecule has 0 fully saturated rings. The van der Waals surface area contributed by atoms with Crippen molar-refractivity contribution in [3.63, 3.8) is 0 Å². The molecule has 0 aromatic carbocycles. The molecule has 0 aliphatic heterocycles. The number of nitrogens with one attached hydrogen (secondary N) is 3. The van der Waals surface area contributed by atoms with Gasteiger partial charge in [0, 0.05) is 19.3 Å². The Labute approximate surface area is 108 Å². The zero-order valence-electron chi connectivity index (χ0n) is 11.0. The topological polar surface area (TPSA) is 78.9 Å². The summed E-state index contributed by atoms with van der Waals surface area (Å²) in [5.74, 6) is 1.20. The first-order valence-electron chi connectivity index (χ1n) is 6.33. The summed E-state index contributed by atoms with van der Waals surface area (Å²) >= 11 is 0. The van der Waals surface area contributed by atoms with Crippen LogP contribution < -0.4 is 16.0 Å². The van der Waals surface area contributed by atoms with E-state index in [0.717, 1.165) is 19.4 Å². The molecule has 6 nitrogen and oxygen atoms in total. The van der Waals surface area contributed by atoms with Gasteiger partial charge in [-0.05, 0) is 18.9 Å². The Balaban J connectivity index is 2.39. The van der Waals surface area contributed by atoms with Gasteiger partial charge in [0.15, 0.2) is 0 Å². The highest BCUT2D eigenvalue weighted by molar-refractivity contribution is 5.80. The van der Waals surface area contributed by atoms with Gasteiger partial charge in [-0.1, -0.05) is 13.8 Å². The summed E-state index contributed by atoms with van der Waals surface area (Å²) in [6.45, 7) is 5.86. The standard InChI is InChI=1S/C12H21N5O/c1-3-6-13-11(18)9-16-10-5-8-15-12(17-10)14-7-4-2/h5,8H,3-4,6-7,9H2,1-2H3,(H,13,18)(H2,14,15,16,17). The number of nitrogens with zero attached hydrogens (tertiary/aromatic N) is 2. The van der Waals surface area contributed by atoms with Crippen molar-refractivity contribution in [3.8, 4) is 0 Å². The summed E-state index contributed by atoms with van der Waals surface area (Å²) in [7, 11) is 0. The average molecular weight is 251 g/mol. The summed E-state index contributed by atoms with van der Waals surface area (Å²) in [6, 6.07) is 1.74. The third-order valence-electron chi connectivity index (χ3n) is 2.19. The van der Waals surface area contributed by atoms with Crippen molar-refractivity contribution in [2.45, 2.75) is 26.7 Å². The molecule has 0 saturated heterocycles. The van der Waals surface area contributed by atoms with Gasteiger partial charge in [0.25, 0.3) is 0 Å². The fraction of sp³-hybridized carbons (Fsp3) is 0.583. The van der Waals surface area contributed by atoms with Crippen molar-refractivity contribution < 1.29 is 4.79 Å². The Morgan fingerprint density at radius 3 is 2.72 bits per heavy atom. The lowest BCUT2D eigenvalue weighted by molar-refractivity contribution is -0.119. The van der Waals surface area contributed by atoms with Gasteiger partial charge >= 0.3 is 0 Å². The van der Waals surface area contributed by atoms with Gasteiger partial charge < -0.3 is 16.0 Å².